The minimum absolute atomic E-state index is 0.0769. The number of hydrogen-bond donors (Lipinski definition) is 3. The van der Waals surface area contributed by atoms with Gasteiger partial charge in [-0.25, -0.2) is 0 Å². The maximum atomic E-state index is 12.3. The van der Waals surface area contributed by atoms with E-state index in [9.17, 15) is 15.0 Å². The molecule has 270 valence electrons. The number of unbranched alkanes of at least 4 members (excludes halogenated alkanes) is 25. The van der Waals surface area contributed by atoms with E-state index in [1.807, 2.05) is 6.08 Å². The Bertz CT molecular complexity index is 701. The van der Waals surface area contributed by atoms with E-state index >= 15 is 0 Å². The molecule has 0 aromatic rings. The first-order valence-corrected chi connectivity index (χ1v) is 20.2. The Morgan fingerprint density at radius 2 is 0.848 bits per heavy atom. The second kappa shape index (κ2) is 38.1. The van der Waals surface area contributed by atoms with Crippen LogP contribution in [-0.4, -0.2) is 34.9 Å². The Kier molecular flexibility index (Phi) is 36.9. The molecule has 0 aromatic carbocycles. The molecule has 0 radical (unpaired) electrons. The highest BCUT2D eigenvalue weighted by Crippen LogP contribution is 2.15. The van der Waals surface area contributed by atoms with Crippen LogP contribution in [0.15, 0.2) is 36.5 Å². The summed E-state index contributed by atoms with van der Waals surface area (Å²) in [5.41, 5.74) is 0. The number of aliphatic hydroxyl groups excluding tert-OH is 2. The number of allylic oxidation sites excluding steroid dienone is 5. The number of aliphatic hydroxyl groups is 2. The summed E-state index contributed by atoms with van der Waals surface area (Å²) in [6, 6.07) is -0.641. The molecule has 4 heteroatoms. The van der Waals surface area contributed by atoms with Crippen LogP contribution in [0.1, 0.15) is 206 Å². The fourth-order valence-electron chi connectivity index (χ4n) is 5.97. The zero-order chi connectivity index (χ0) is 33.6. The molecule has 0 aliphatic heterocycles. The van der Waals surface area contributed by atoms with Crippen molar-refractivity contribution in [2.75, 3.05) is 6.61 Å². The highest BCUT2D eigenvalue weighted by atomic mass is 16.3. The quantitative estimate of drug-likeness (QED) is 0.0469. The molecule has 0 saturated heterocycles. The van der Waals surface area contributed by atoms with Crippen molar-refractivity contribution < 1.29 is 15.0 Å². The van der Waals surface area contributed by atoms with Crippen molar-refractivity contribution in [1.82, 2.24) is 5.32 Å². The van der Waals surface area contributed by atoms with Gasteiger partial charge in [0.15, 0.2) is 0 Å². The van der Waals surface area contributed by atoms with E-state index < -0.39 is 12.1 Å². The van der Waals surface area contributed by atoms with Gasteiger partial charge in [0.2, 0.25) is 5.91 Å². The molecule has 0 saturated carbocycles. The summed E-state index contributed by atoms with van der Waals surface area (Å²) < 4.78 is 0. The molecular weight excluding hydrogens is 566 g/mol. The Balaban J connectivity index is 3.64. The van der Waals surface area contributed by atoms with Crippen LogP contribution < -0.4 is 5.32 Å². The number of carbonyl (C=O) groups is 1. The topological polar surface area (TPSA) is 69.6 Å². The minimum atomic E-state index is -0.866. The summed E-state index contributed by atoms with van der Waals surface area (Å²) in [6.07, 6.45) is 49.5. The molecule has 0 spiro atoms. The largest absolute Gasteiger partial charge is 0.394 e. The summed E-state index contributed by atoms with van der Waals surface area (Å²) in [6.45, 7) is 4.28. The summed E-state index contributed by atoms with van der Waals surface area (Å²) in [7, 11) is 0. The van der Waals surface area contributed by atoms with Crippen molar-refractivity contribution in [1.29, 1.82) is 0 Å². The summed E-state index contributed by atoms with van der Waals surface area (Å²) >= 11 is 0. The third kappa shape index (κ3) is 34.0. The minimum Gasteiger partial charge on any atom is -0.394 e. The molecule has 2 unspecified atom stereocenters. The first kappa shape index (κ1) is 44.6. The predicted octanol–water partition coefficient (Wildman–Crippen LogP) is 12.2. The smallest absolute Gasteiger partial charge is 0.220 e. The molecule has 0 aliphatic rings. The SMILES string of the molecule is CCCCCCCC/C=C/CC/C=C/CC/C=C/C(O)C(CO)NC(=O)CCCCCCCCCCCCCCCCCCCC. The highest BCUT2D eigenvalue weighted by molar-refractivity contribution is 5.76. The lowest BCUT2D eigenvalue weighted by atomic mass is 10.0. The van der Waals surface area contributed by atoms with Gasteiger partial charge in [-0.15, -0.1) is 0 Å². The third-order valence-electron chi connectivity index (χ3n) is 9.10. The van der Waals surface area contributed by atoms with Crippen LogP contribution in [0.2, 0.25) is 0 Å². The van der Waals surface area contributed by atoms with Gasteiger partial charge >= 0.3 is 0 Å². The van der Waals surface area contributed by atoms with Crippen molar-refractivity contribution in [3.8, 4) is 0 Å². The van der Waals surface area contributed by atoms with Crippen LogP contribution in [0.3, 0.4) is 0 Å². The second-order valence-electron chi connectivity index (χ2n) is 13.7. The monoisotopic (exact) mass is 646 g/mol. The van der Waals surface area contributed by atoms with Gasteiger partial charge in [-0.2, -0.15) is 0 Å². The van der Waals surface area contributed by atoms with Crippen molar-refractivity contribution in [3.05, 3.63) is 36.5 Å². The summed E-state index contributed by atoms with van der Waals surface area (Å²) in [5.74, 6) is -0.0769. The first-order chi connectivity index (χ1) is 22.7. The summed E-state index contributed by atoms with van der Waals surface area (Å²) in [4.78, 5) is 12.3. The lowest BCUT2D eigenvalue weighted by Crippen LogP contribution is -2.45. The van der Waals surface area contributed by atoms with Gasteiger partial charge < -0.3 is 15.5 Å². The molecule has 4 nitrogen and oxygen atoms in total. The van der Waals surface area contributed by atoms with Gasteiger partial charge in [-0.3, -0.25) is 4.79 Å². The Labute approximate surface area is 287 Å². The van der Waals surface area contributed by atoms with E-state index in [4.69, 9.17) is 0 Å². The summed E-state index contributed by atoms with van der Waals surface area (Å²) in [5, 5.41) is 22.9. The number of rotatable bonds is 36. The van der Waals surface area contributed by atoms with Crippen LogP contribution in [0.25, 0.3) is 0 Å². The standard InChI is InChI=1S/C42H79NO3/c1-3-5-7-9-11-13-15-17-19-21-22-24-26-28-30-32-34-36-38-42(46)43-40(39-44)41(45)37-35-33-31-29-27-25-23-20-18-16-14-12-10-8-6-4-2/h18,20,27,29,35,37,40-41,44-45H,3-17,19,21-26,28,30-34,36,38-39H2,1-2H3,(H,43,46)/b20-18+,29-27+,37-35+. The molecule has 0 fully saturated rings. The van der Waals surface area contributed by atoms with Crippen molar-refractivity contribution >= 4 is 5.91 Å². The highest BCUT2D eigenvalue weighted by Gasteiger charge is 2.17. The molecular formula is C42H79NO3. The van der Waals surface area contributed by atoms with Crippen molar-refractivity contribution in [3.63, 3.8) is 0 Å². The lowest BCUT2D eigenvalue weighted by molar-refractivity contribution is -0.123. The van der Waals surface area contributed by atoms with E-state index in [1.165, 1.54) is 148 Å². The number of amides is 1. The molecule has 2 atom stereocenters. The fourth-order valence-corrected chi connectivity index (χ4v) is 5.97. The second-order valence-corrected chi connectivity index (χ2v) is 13.7. The molecule has 46 heavy (non-hydrogen) atoms. The Morgan fingerprint density at radius 3 is 1.26 bits per heavy atom. The fraction of sp³-hybridized carbons (Fsp3) is 0.833. The van der Waals surface area contributed by atoms with E-state index in [-0.39, 0.29) is 12.5 Å². The van der Waals surface area contributed by atoms with Crippen molar-refractivity contribution in [2.24, 2.45) is 0 Å². The zero-order valence-electron chi connectivity index (χ0n) is 30.8. The van der Waals surface area contributed by atoms with Gasteiger partial charge in [0.25, 0.3) is 0 Å². The normalized spacial score (nSPS) is 13.4. The Hall–Kier alpha value is -1.39. The average Bonchev–Trinajstić information content (AvgIpc) is 3.06. The lowest BCUT2D eigenvalue weighted by Gasteiger charge is -2.19. The Morgan fingerprint density at radius 1 is 0.500 bits per heavy atom. The number of hydrogen-bond acceptors (Lipinski definition) is 3. The van der Waals surface area contributed by atoms with Gasteiger partial charge in [0.1, 0.15) is 0 Å². The molecule has 3 N–H and O–H groups in total. The van der Waals surface area contributed by atoms with E-state index in [0.29, 0.717) is 6.42 Å². The number of nitrogens with one attached hydrogen (secondary N) is 1. The van der Waals surface area contributed by atoms with Gasteiger partial charge in [0.05, 0.1) is 18.8 Å². The van der Waals surface area contributed by atoms with Crippen LogP contribution in [0.4, 0.5) is 0 Å². The van der Waals surface area contributed by atoms with Gasteiger partial charge in [-0.1, -0.05) is 192 Å². The van der Waals surface area contributed by atoms with Crippen LogP contribution >= 0.6 is 0 Å². The first-order valence-electron chi connectivity index (χ1n) is 20.2. The molecule has 0 aromatic heterocycles. The molecule has 0 rings (SSSR count). The predicted molar refractivity (Wildman–Crippen MR) is 202 cm³/mol. The van der Waals surface area contributed by atoms with E-state index in [2.05, 4.69) is 43.5 Å². The molecule has 1 amide bonds. The van der Waals surface area contributed by atoms with Crippen LogP contribution in [0, 0.1) is 0 Å². The molecule has 0 bridgehead atoms. The zero-order valence-corrected chi connectivity index (χ0v) is 30.8. The van der Waals surface area contributed by atoms with Crippen LogP contribution in [-0.2, 0) is 4.79 Å². The molecule has 0 heterocycles. The molecule has 0 aliphatic carbocycles. The third-order valence-corrected chi connectivity index (χ3v) is 9.10. The van der Waals surface area contributed by atoms with Crippen LogP contribution in [0.5, 0.6) is 0 Å². The average molecular weight is 646 g/mol. The van der Waals surface area contributed by atoms with Crippen molar-refractivity contribution in [2.45, 2.75) is 219 Å². The van der Waals surface area contributed by atoms with Gasteiger partial charge in [-0.05, 0) is 44.9 Å². The number of carbonyl (C=O) groups excluding carboxylic acids is 1. The maximum Gasteiger partial charge on any atom is 0.220 e. The van der Waals surface area contributed by atoms with E-state index in [1.54, 1.807) is 6.08 Å². The maximum absolute atomic E-state index is 12.3. The van der Waals surface area contributed by atoms with E-state index in [0.717, 1.165) is 38.5 Å². The van der Waals surface area contributed by atoms with Gasteiger partial charge in [0, 0.05) is 6.42 Å².